The lowest BCUT2D eigenvalue weighted by molar-refractivity contribution is 0.590. The molecule has 0 atom stereocenters. The normalized spacial score (nSPS) is 14.0. The van der Waals surface area contributed by atoms with Crippen molar-refractivity contribution in [2.45, 2.75) is 45.4 Å². The van der Waals surface area contributed by atoms with Crippen molar-refractivity contribution in [3.05, 3.63) is 162 Å². The van der Waals surface area contributed by atoms with Crippen LogP contribution in [-0.2, 0) is 10.8 Å². The number of hydrogen-bond donors (Lipinski definition) is 1. The highest BCUT2D eigenvalue weighted by Gasteiger charge is 2.38. The molecule has 1 N–H and O–H groups in total. The molecule has 0 fully saturated rings. The van der Waals surface area contributed by atoms with Gasteiger partial charge in [0.05, 0.1) is 5.52 Å². The van der Waals surface area contributed by atoms with E-state index in [-0.39, 0.29) is 10.8 Å². The summed E-state index contributed by atoms with van der Waals surface area (Å²) in [5.41, 5.74) is 19.8. The van der Waals surface area contributed by atoms with Gasteiger partial charge >= 0.3 is 0 Å². The van der Waals surface area contributed by atoms with E-state index in [4.69, 9.17) is 4.42 Å². The average molecular weight is 789 g/mol. The largest absolute Gasteiger partial charge is 0.456 e. The third-order valence-electron chi connectivity index (χ3n) is 13.8. The molecular weight excluding hydrogens is 747 g/mol. The molecule has 13 rings (SSSR count). The van der Waals surface area contributed by atoms with Gasteiger partial charge in [0.1, 0.15) is 11.2 Å². The van der Waals surface area contributed by atoms with Crippen LogP contribution in [0.3, 0.4) is 0 Å². The predicted molar refractivity (Wildman–Crippen MR) is 259 cm³/mol. The lowest BCUT2D eigenvalue weighted by Gasteiger charge is -2.27. The zero-order chi connectivity index (χ0) is 40.2. The molecule has 0 saturated carbocycles. The van der Waals surface area contributed by atoms with E-state index < -0.39 is 0 Å². The summed E-state index contributed by atoms with van der Waals surface area (Å²) in [4.78, 5) is 0. The van der Waals surface area contributed by atoms with E-state index in [0.717, 1.165) is 35.2 Å². The molecule has 2 aliphatic rings. The van der Waals surface area contributed by atoms with Gasteiger partial charge in [0.25, 0.3) is 0 Å². The number of anilines is 2. The van der Waals surface area contributed by atoms with Crippen LogP contribution in [0, 0.1) is 0 Å². The number of aromatic nitrogens is 1. The molecule has 3 aromatic heterocycles. The molecule has 8 aromatic carbocycles. The Balaban J connectivity index is 1.13. The van der Waals surface area contributed by atoms with Crippen molar-refractivity contribution in [2.24, 2.45) is 0 Å². The van der Waals surface area contributed by atoms with E-state index in [1.165, 1.54) is 103 Å². The fraction of sp³-hybridized carbons (Fsp3) is 0.127. The van der Waals surface area contributed by atoms with Crippen LogP contribution in [0.4, 0.5) is 11.4 Å². The van der Waals surface area contributed by atoms with Crippen molar-refractivity contribution < 1.29 is 4.42 Å². The number of thiophene rings is 1. The maximum atomic E-state index is 6.53. The second-order valence-electron chi connectivity index (χ2n) is 18.6. The molecule has 0 amide bonds. The molecule has 60 heavy (non-hydrogen) atoms. The SMILES string of the molecule is CC(C)(C)c1ccc(Nc2cc3sc4ccccc4c3cc2-c2ccc3c4c5c(ccc4n4c3c2Bc2cc3c(cc2-4)C(C)(C)c2ccccc2-3)oc2ccccc25)cc1. The molecule has 286 valence electrons. The molecule has 1 aliphatic carbocycles. The van der Waals surface area contributed by atoms with Crippen molar-refractivity contribution in [3.63, 3.8) is 0 Å². The summed E-state index contributed by atoms with van der Waals surface area (Å²) in [6, 6.07) is 54.6. The van der Waals surface area contributed by atoms with E-state index in [1.807, 2.05) is 11.3 Å². The molecule has 11 aromatic rings. The van der Waals surface area contributed by atoms with Gasteiger partial charge in [-0.1, -0.05) is 131 Å². The molecule has 3 nitrogen and oxygen atoms in total. The van der Waals surface area contributed by atoms with E-state index in [2.05, 4.69) is 190 Å². The smallest absolute Gasteiger partial charge is 0.198 e. The van der Waals surface area contributed by atoms with Crippen molar-refractivity contribution in [1.29, 1.82) is 0 Å². The van der Waals surface area contributed by atoms with Crippen molar-refractivity contribution in [1.82, 2.24) is 4.57 Å². The van der Waals surface area contributed by atoms with Crippen LogP contribution in [0.2, 0.25) is 0 Å². The van der Waals surface area contributed by atoms with Crippen LogP contribution in [-0.4, -0.2) is 11.8 Å². The maximum absolute atomic E-state index is 6.53. The van der Waals surface area contributed by atoms with Gasteiger partial charge in [-0.25, -0.2) is 0 Å². The third-order valence-corrected chi connectivity index (χ3v) is 14.9. The minimum atomic E-state index is -0.108. The first-order valence-corrected chi connectivity index (χ1v) is 21.9. The summed E-state index contributed by atoms with van der Waals surface area (Å²) >= 11 is 1.87. The van der Waals surface area contributed by atoms with Gasteiger partial charge in [-0.2, -0.15) is 0 Å². The van der Waals surface area contributed by atoms with Crippen LogP contribution >= 0.6 is 11.3 Å². The molecular formula is C55H41BN2OS. The molecule has 1 aliphatic heterocycles. The Kier molecular flexibility index (Phi) is 6.75. The van der Waals surface area contributed by atoms with Gasteiger partial charge in [-0.05, 0) is 98.9 Å². The number of rotatable bonds is 3. The maximum Gasteiger partial charge on any atom is 0.198 e. The van der Waals surface area contributed by atoms with Crippen molar-refractivity contribution in [2.75, 3.05) is 5.32 Å². The van der Waals surface area contributed by atoms with Gasteiger partial charge in [0.2, 0.25) is 0 Å². The quantitative estimate of drug-likeness (QED) is 0.181. The van der Waals surface area contributed by atoms with E-state index in [9.17, 15) is 0 Å². The number of fused-ring (bicyclic) bond motifs is 15. The summed E-state index contributed by atoms with van der Waals surface area (Å²) in [6.45, 7) is 11.6. The van der Waals surface area contributed by atoms with Crippen molar-refractivity contribution in [3.8, 4) is 27.9 Å². The molecule has 4 heterocycles. The Morgan fingerprint density at radius 3 is 2.23 bits per heavy atom. The Hall–Kier alpha value is -6.56. The van der Waals surface area contributed by atoms with Crippen LogP contribution in [0.1, 0.15) is 51.3 Å². The minimum absolute atomic E-state index is 0.0821. The fourth-order valence-electron chi connectivity index (χ4n) is 10.8. The van der Waals surface area contributed by atoms with E-state index in [0.29, 0.717) is 0 Å². The zero-order valence-electron chi connectivity index (χ0n) is 34.3. The number of furan rings is 1. The predicted octanol–water partition coefficient (Wildman–Crippen LogP) is 13.8. The number of benzene rings is 8. The highest BCUT2D eigenvalue weighted by atomic mass is 32.1. The third kappa shape index (κ3) is 4.61. The Bertz CT molecular complexity index is 3670. The molecule has 0 radical (unpaired) electrons. The fourth-order valence-corrected chi connectivity index (χ4v) is 11.9. The van der Waals surface area contributed by atoms with E-state index in [1.54, 1.807) is 0 Å². The number of nitrogens with zero attached hydrogens (tertiary/aromatic N) is 1. The molecule has 0 bridgehead atoms. The van der Waals surface area contributed by atoms with Gasteiger partial charge in [0, 0.05) is 75.3 Å². The zero-order valence-corrected chi connectivity index (χ0v) is 35.1. The summed E-state index contributed by atoms with van der Waals surface area (Å²) in [5.74, 6) is 0. The molecule has 0 saturated heterocycles. The second kappa shape index (κ2) is 11.8. The monoisotopic (exact) mass is 788 g/mol. The minimum Gasteiger partial charge on any atom is -0.456 e. The van der Waals surface area contributed by atoms with E-state index >= 15 is 0 Å². The summed E-state index contributed by atoms with van der Waals surface area (Å²) < 4.78 is 11.7. The van der Waals surface area contributed by atoms with Crippen LogP contribution < -0.4 is 16.2 Å². The summed E-state index contributed by atoms with van der Waals surface area (Å²) in [7, 11) is 0.825. The first-order chi connectivity index (χ1) is 29.1. The standard InChI is InChI=1S/C55H41BN2OS/c1-54(2,3)30-18-20-31(21-19-30)57-43-29-49-39(33-13-8-11-17-48(33)60-49)26-38(43)34-22-23-36-50-44(24-25-47-51(50)35-14-7-10-16-46(35)59-47)58-45-28-41-37(27-42(45)56-52(34)53(36)58)32-12-6-9-15-40(32)55(41,4)5/h6-29,56-57H,1-5H3. The molecule has 0 spiro atoms. The van der Waals surface area contributed by atoms with Gasteiger partial charge in [0.15, 0.2) is 7.28 Å². The van der Waals surface area contributed by atoms with Crippen molar-refractivity contribution >= 4 is 105 Å². The van der Waals surface area contributed by atoms with Crippen LogP contribution in [0.15, 0.2) is 150 Å². The highest BCUT2D eigenvalue weighted by molar-refractivity contribution is 7.25. The topological polar surface area (TPSA) is 30.1 Å². The van der Waals surface area contributed by atoms with Gasteiger partial charge in [-0.15, -0.1) is 11.3 Å². The van der Waals surface area contributed by atoms with Gasteiger partial charge < -0.3 is 14.3 Å². The van der Waals surface area contributed by atoms with Crippen LogP contribution in [0.5, 0.6) is 0 Å². The first-order valence-electron chi connectivity index (χ1n) is 21.1. The number of nitrogens with one attached hydrogen (secondary N) is 1. The summed E-state index contributed by atoms with van der Waals surface area (Å²) in [5, 5.41) is 11.4. The number of hydrogen-bond acceptors (Lipinski definition) is 3. The van der Waals surface area contributed by atoms with Gasteiger partial charge in [-0.3, -0.25) is 0 Å². The lowest BCUT2D eigenvalue weighted by Crippen LogP contribution is -2.37. The molecule has 5 heteroatoms. The first kappa shape index (κ1) is 34.3. The van der Waals surface area contributed by atoms with Crippen LogP contribution in [0.25, 0.3) is 91.9 Å². The molecule has 0 unspecified atom stereocenters. The Morgan fingerprint density at radius 1 is 0.600 bits per heavy atom. The number of para-hydroxylation sites is 1. The Morgan fingerprint density at radius 2 is 1.38 bits per heavy atom. The average Bonchev–Trinajstić information content (AvgIpc) is 3.97. The lowest BCUT2D eigenvalue weighted by atomic mass is 9.58. The highest BCUT2D eigenvalue weighted by Crippen LogP contribution is 2.50. The summed E-state index contributed by atoms with van der Waals surface area (Å²) in [6.07, 6.45) is 0. The second-order valence-corrected chi connectivity index (χ2v) is 19.7. The Labute approximate surface area is 353 Å².